The molecule has 4 rings (SSSR count). The Morgan fingerprint density at radius 1 is 1.14 bits per heavy atom. The van der Waals surface area contributed by atoms with Crippen molar-refractivity contribution in [3.63, 3.8) is 0 Å². The van der Waals surface area contributed by atoms with Crippen LogP contribution in [0, 0.1) is 17.6 Å². The molecule has 1 saturated carbocycles. The molecule has 1 heterocycles. The van der Waals surface area contributed by atoms with Crippen LogP contribution in [0.25, 0.3) is 5.69 Å². The maximum absolute atomic E-state index is 13.5. The predicted molar refractivity (Wildman–Crippen MR) is 79.9 cm³/mol. The van der Waals surface area contributed by atoms with Gasteiger partial charge in [-0.15, -0.1) is 0 Å². The van der Waals surface area contributed by atoms with Gasteiger partial charge in [-0.1, -0.05) is 0 Å². The van der Waals surface area contributed by atoms with Gasteiger partial charge in [0, 0.05) is 23.4 Å². The van der Waals surface area contributed by atoms with Crippen molar-refractivity contribution in [3.05, 3.63) is 47.3 Å². The molecular formula is C17H19F2N3. The average molecular weight is 303 g/mol. The second kappa shape index (κ2) is 5.47. The Hall–Kier alpha value is -1.75. The Balaban J connectivity index is 1.64. The number of hydrogen-bond donors (Lipinski definition) is 1. The Bertz CT molecular complexity index is 671. The van der Waals surface area contributed by atoms with Crippen LogP contribution in [0.3, 0.4) is 0 Å². The lowest BCUT2D eigenvalue weighted by molar-refractivity contribution is 0.446. The smallest absolute Gasteiger partial charge is 0.128 e. The summed E-state index contributed by atoms with van der Waals surface area (Å²) in [6, 6.07) is 3.87. The van der Waals surface area contributed by atoms with E-state index in [1.165, 1.54) is 30.5 Å². The third-order valence-electron chi connectivity index (χ3n) is 4.62. The monoisotopic (exact) mass is 303 g/mol. The lowest BCUT2D eigenvalue weighted by atomic mass is 9.93. The molecule has 1 aromatic heterocycles. The summed E-state index contributed by atoms with van der Waals surface area (Å²) in [5, 5.41) is 8.01. The van der Waals surface area contributed by atoms with Gasteiger partial charge in [0.15, 0.2) is 0 Å². The van der Waals surface area contributed by atoms with Gasteiger partial charge >= 0.3 is 0 Å². The van der Waals surface area contributed by atoms with E-state index in [4.69, 9.17) is 0 Å². The predicted octanol–water partition coefficient (Wildman–Crippen LogP) is 3.53. The van der Waals surface area contributed by atoms with Crippen molar-refractivity contribution in [1.82, 2.24) is 15.1 Å². The van der Waals surface area contributed by atoms with Crippen molar-refractivity contribution < 1.29 is 8.78 Å². The third-order valence-corrected chi connectivity index (χ3v) is 4.62. The van der Waals surface area contributed by atoms with Gasteiger partial charge in [-0.2, -0.15) is 5.10 Å². The molecule has 5 heteroatoms. The molecule has 1 fully saturated rings. The fourth-order valence-electron chi connectivity index (χ4n) is 3.28. The SMILES string of the molecule is Fc1cc(F)cc(-n2ncc3c2CCCC3NCC2CC2)c1. The normalized spacial score (nSPS) is 20.9. The number of aromatic nitrogens is 2. The molecule has 2 aliphatic rings. The first-order valence-electron chi connectivity index (χ1n) is 7.97. The molecule has 1 aromatic carbocycles. The minimum atomic E-state index is -0.571. The van der Waals surface area contributed by atoms with Crippen LogP contribution in [0.1, 0.15) is 43.0 Å². The van der Waals surface area contributed by atoms with Gasteiger partial charge in [0.25, 0.3) is 0 Å². The van der Waals surface area contributed by atoms with Gasteiger partial charge in [0.05, 0.1) is 11.9 Å². The van der Waals surface area contributed by atoms with Crippen molar-refractivity contribution in [2.45, 2.75) is 38.1 Å². The molecule has 0 saturated heterocycles. The van der Waals surface area contributed by atoms with Crippen LogP contribution in [0.15, 0.2) is 24.4 Å². The number of rotatable bonds is 4. The zero-order valence-corrected chi connectivity index (χ0v) is 12.4. The van der Waals surface area contributed by atoms with E-state index in [2.05, 4.69) is 10.4 Å². The molecule has 2 aliphatic carbocycles. The van der Waals surface area contributed by atoms with Crippen molar-refractivity contribution in [1.29, 1.82) is 0 Å². The first-order chi connectivity index (χ1) is 10.7. The highest BCUT2D eigenvalue weighted by Gasteiger charge is 2.27. The molecule has 0 radical (unpaired) electrons. The molecule has 22 heavy (non-hydrogen) atoms. The van der Waals surface area contributed by atoms with Gasteiger partial charge in [0.2, 0.25) is 0 Å². The molecule has 0 amide bonds. The van der Waals surface area contributed by atoms with Crippen molar-refractivity contribution in [2.24, 2.45) is 5.92 Å². The van der Waals surface area contributed by atoms with Crippen LogP contribution in [-0.4, -0.2) is 16.3 Å². The van der Waals surface area contributed by atoms with Gasteiger partial charge in [-0.05, 0) is 56.7 Å². The molecule has 0 bridgehead atoms. The minimum Gasteiger partial charge on any atom is -0.310 e. The van der Waals surface area contributed by atoms with Crippen LogP contribution in [0.5, 0.6) is 0 Å². The fraction of sp³-hybridized carbons (Fsp3) is 0.471. The molecule has 116 valence electrons. The van der Waals surface area contributed by atoms with Gasteiger partial charge in [-0.25, -0.2) is 13.5 Å². The Morgan fingerprint density at radius 2 is 1.91 bits per heavy atom. The first kappa shape index (κ1) is 13.9. The topological polar surface area (TPSA) is 29.9 Å². The standard InChI is InChI=1S/C17H19F2N3/c18-12-6-13(19)8-14(7-12)22-17-3-1-2-16(15(17)10-21-22)20-9-11-4-5-11/h6-8,10-11,16,20H,1-5,9H2. The second-order valence-corrected chi connectivity index (χ2v) is 6.38. The maximum Gasteiger partial charge on any atom is 0.128 e. The molecule has 0 aliphatic heterocycles. The summed E-state index contributed by atoms with van der Waals surface area (Å²) < 4.78 is 28.6. The molecule has 2 aromatic rings. The van der Waals surface area contributed by atoms with E-state index in [1.807, 2.05) is 6.20 Å². The van der Waals surface area contributed by atoms with Crippen LogP contribution in [-0.2, 0) is 6.42 Å². The Labute approximate surface area is 128 Å². The summed E-state index contributed by atoms with van der Waals surface area (Å²) in [4.78, 5) is 0. The summed E-state index contributed by atoms with van der Waals surface area (Å²) in [5.74, 6) is -0.310. The lowest BCUT2D eigenvalue weighted by Gasteiger charge is -2.24. The molecular weight excluding hydrogens is 284 g/mol. The highest BCUT2D eigenvalue weighted by Crippen LogP contribution is 2.33. The lowest BCUT2D eigenvalue weighted by Crippen LogP contribution is -2.27. The number of nitrogens with zero attached hydrogens (tertiary/aromatic N) is 2. The first-order valence-corrected chi connectivity index (χ1v) is 7.97. The Morgan fingerprint density at radius 3 is 2.64 bits per heavy atom. The number of halogens is 2. The van der Waals surface area contributed by atoms with E-state index < -0.39 is 11.6 Å². The van der Waals surface area contributed by atoms with E-state index in [-0.39, 0.29) is 0 Å². The van der Waals surface area contributed by atoms with Crippen molar-refractivity contribution in [3.8, 4) is 5.69 Å². The highest BCUT2D eigenvalue weighted by atomic mass is 19.1. The molecule has 1 N–H and O–H groups in total. The van der Waals surface area contributed by atoms with Gasteiger partial charge in [-0.3, -0.25) is 0 Å². The molecule has 3 nitrogen and oxygen atoms in total. The summed E-state index contributed by atoms with van der Waals surface area (Å²) in [6.07, 6.45) is 7.57. The summed E-state index contributed by atoms with van der Waals surface area (Å²) in [5.41, 5.74) is 2.71. The average Bonchev–Trinajstić information content (AvgIpc) is 3.21. The van der Waals surface area contributed by atoms with E-state index >= 15 is 0 Å². The molecule has 1 atom stereocenters. The number of nitrogens with one attached hydrogen (secondary N) is 1. The van der Waals surface area contributed by atoms with E-state index in [0.29, 0.717) is 11.7 Å². The summed E-state index contributed by atoms with van der Waals surface area (Å²) >= 11 is 0. The Kier molecular flexibility index (Phi) is 3.45. The maximum atomic E-state index is 13.5. The van der Waals surface area contributed by atoms with E-state index in [0.717, 1.165) is 43.5 Å². The third kappa shape index (κ3) is 2.65. The summed E-state index contributed by atoms with van der Waals surface area (Å²) in [6.45, 7) is 1.06. The quantitative estimate of drug-likeness (QED) is 0.936. The minimum absolute atomic E-state index is 0.316. The largest absolute Gasteiger partial charge is 0.310 e. The van der Waals surface area contributed by atoms with Crippen LogP contribution in [0.2, 0.25) is 0 Å². The molecule has 1 unspecified atom stereocenters. The van der Waals surface area contributed by atoms with Crippen LogP contribution < -0.4 is 5.32 Å². The number of benzene rings is 1. The van der Waals surface area contributed by atoms with E-state index in [1.54, 1.807) is 4.68 Å². The zero-order chi connectivity index (χ0) is 15.1. The fourth-order valence-corrected chi connectivity index (χ4v) is 3.28. The summed E-state index contributed by atoms with van der Waals surface area (Å²) in [7, 11) is 0. The van der Waals surface area contributed by atoms with E-state index in [9.17, 15) is 8.78 Å². The van der Waals surface area contributed by atoms with Gasteiger partial charge in [0.1, 0.15) is 11.6 Å². The highest BCUT2D eigenvalue weighted by molar-refractivity contribution is 5.38. The van der Waals surface area contributed by atoms with Crippen molar-refractivity contribution >= 4 is 0 Å². The number of hydrogen-bond acceptors (Lipinski definition) is 2. The van der Waals surface area contributed by atoms with Gasteiger partial charge < -0.3 is 5.32 Å². The van der Waals surface area contributed by atoms with Crippen LogP contribution >= 0.6 is 0 Å². The molecule has 0 spiro atoms. The number of fused-ring (bicyclic) bond motifs is 1. The van der Waals surface area contributed by atoms with Crippen molar-refractivity contribution in [2.75, 3.05) is 6.54 Å². The van der Waals surface area contributed by atoms with Crippen LogP contribution in [0.4, 0.5) is 8.78 Å². The zero-order valence-electron chi connectivity index (χ0n) is 12.4. The second-order valence-electron chi connectivity index (χ2n) is 6.38.